The van der Waals surface area contributed by atoms with Gasteiger partial charge >= 0.3 is 23.3 Å². The Bertz CT molecular complexity index is 1320. The summed E-state index contributed by atoms with van der Waals surface area (Å²) in [7, 11) is -6.87. The topological polar surface area (TPSA) is 57.2 Å². The fraction of sp³-hybridized carbons (Fsp3) is 0.615. The maximum absolute atomic E-state index is 12.2. The number of benzene rings is 2. The average molecular weight is 623 g/mol. The van der Waals surface area contributed by atoms with Crippen molar-refractivity contribution in [2.24, 2.45) is 17.8 Å². The summed E-state index contributed by atoms with van der Waals surface area (Å²) in [6, 6.07) is 14.6. The van der Waals surface area contributed by atoms with Crippen LogP contribution in [-0.2, 0) is 27.4 Å². The van der Waals surface area contributed by atoms with E-state index in [2.05, 4.69) is 36.4 Å². The van der Waals surface area contributed by atoms with E-state index in [1.54, 1.807) is 10.5 Å². The number of fused-ring (bicyclic) bond motifs is 3. The molecule has 3 unspecified atom stereocenters. The van der Waals surface area contributed by atoms with Gasteiger partial charge in [-0.1, -0.05) is 24.6 Å². The minimum absolute atomic E-state index is 0.543. The second-order valence-corrected chi connectivity index (χ2v) is 14.4. The summed E-state index contributed by atoms with van der Waals surface area (Å²) in [5.41, 5.74) is 1.58. The van der Waals surface area contributed by atoms with Crippen LogP contribution >= 0.6 is 0 Å². The Kier molecular flexibility index (Phi) is 8.50. The molecule has 2 bridgehead atoms. The van der Waals surface area contributed by atoms with Crippen LogP contribution in [-0.4, -0.2) is 47.8 Å². The molecule has 0 aromatic heterocycles. The van der Waals surface area contributed by atoms with E-state index in [9.17, 15) is 52.5 Å². The fourth-order valence-electron chi connectivity index (χ4n) is 5.92. The summed E-state index contributed by atoms with van der Waals surface area (Å²) in [5, 5.41) is -4.20. The molecule has 3 fully saturated rings. The highest BCUT2D eigenvalue weighted by molar-refractivity contribution is 7.97. The van der Waals surface area contributed by atoms with Crippen molar-refractivity contribution in [3.8, 4) is 0 Å². The van der Waals surface area contributed by atoms with E-state index < -0.39 is 33.4 Å². The first-order valence-electron chi connectivity index (χ1n) is 12.7. The van der Waals surface area contributed by atoms with Crippen molar-refractivity contribution in [2.45, 2.75) is 73.1 Å². The fourth-order valence-corrected chi connectivity index (χ4v) is 8.69. The molecule has 1 heterocycles. The lowest BCUT2D eigenvalue weighted by Gasteiger charge is -2.34. The summed E-state index contributed by atoms with van der Waals surface area (Å²) in [4.78, 5) is 1.61. The van der Waals surface area contributed by atoms with Crippen molar-refractivity contribution < 1.29 is 52.5 Å². The zero-order valence-electron chi connectivity index (χ0n) is 21.0. The average Bonchev–Trinajstić information content (AvgIpc) is 3.62. The zero-order valence-corrected chi connectivity index (χ0v) is 22.6. The van der Waals surface area contributed by atoms with Gasteiger partial charge in [-0.2, -0.15) is 39.5 Å². The molecule has 3 nitrogen and oxygen atoms in total. The van der Waals surface area contributed by atoms with E-state index in [4.69, 9.17) is 0 Å². The third-order valence-corrected chi connectivity index (χ3v) is 11.4. The zero-order chi connectivity index (χ0) is 29.7. The largest absolute Gasteiger partial charge is 0.743 e. The molecule has 5 rings (SSSR count). The van der Waals surface area contributed by atoms with E-state index in [1.807, 2.05) is 0 Å². The summed E-state index contributed by atoms with van der Waals surface area (Å²) < 4.78 is 135. The van der Waals surface area contributed by atoms with Crippen LogP contribution in [0.2, 0.25) is 0 Å². The van der Waals surface area contributed by atoms with Crippen molar-refractivity contribution in [1.29, 1.82) is 0 Å². The lowest BCUT2D eigenvalue weighted by Crippen LogP contribution is -2.63. The Hall–Kier alpha value is -1.67. The molecule has 0 spiro atoms. The Labute approximate surface area is 228 Å². The van der Waals surface area contributed by atoms with E-state index in [-0.39, 0.29) is 0 Å². The summed E-state index contributed by atoms with van der Waals surface area (Å²) in [6.45, 7) is 0. The predicted octanol–water partition coefficient (Wildman–Crippen LogP) is 7.55. The number of rotatable bonds is 6. The molecule has 1 saturated heterocycles. The van der Waals surface area contributed by atoms with Gasteiger partial charge in [-0.3, -0.25) is 0 Å². The highest BCUT2D eigenvalue weighted by atomic mass is 32.2. The Morgan fingerprint density at radius 2 is 1.40 bits per heavy atom. The Morgan fingerprint density at radius 3 is 1.93 bits per heavy atom. The number of alkyl halides is 9. The molecule has 0 radical (unpaired) electrons. The van der Waals surface area contributed by atoms with Crippen molar-refractivity contribution in [2.75, 3.05) is 11.5 Å². The molecular formula is C26H27F9O3S2. The van der Waals surface area contributed by atoms with Crippen LogP contribution in [0.15, 0.2) is 41.3 Å². The van der Waals surface area contributed by atoms with Gasteiger partial charge in [0.15, 0.2) is 15.0 Å². The van der Waals surface area contributed by atoms with Crippen LogP contribution < -0.4 is 0 Å². The molecular weight excluding hydrogens is 595 g/mol. The van der Waals surface area contributed by atoms with Gasteiger partial charge in [0.1, 0.15) is 11.5 Å². The summed E-state index contributed by atoms with van der Waals surface area (Å²) in [5.74, 6) is -8.88. The summed E-state index contributed by atoms with van der Waals surface area (Å²) in [6.07, 6.45) is 3.09. The number of halogens is 9. The molecule has 2 aliphatic carbocycles. The van der Waals surface area contributed by atoms with E-state index in [0.29, 0.717) is 10.9 Å². The van der Waals surface area contributed by atoms with Gasteiger partial charge in [0.25, 0.3) is 0 Å². The minimum atomic E-state index is -7.43. The normalized spacial score (nSPS) is 24.4. The van der Waals surface area contributed by atoms with Gasteiger partial charge in [0.2, 0.25) is 0 Å². The maximum Gasteiger partial charge on any atom is 0.460 e. The maximum atomic E-state index is 12.2. The molecule has 0 N–H and O–H groups in total. The molecule has 2 aromatic carbocycles. The monoisotopic (exact) mass is 622 g/mol. The second kappa shape index (κ2) is 10.9. The predicted molar refractivity (Wildman–Crippen MR) is 132 cm³/mol. The van der Waals surface area contributed by atoms with Crippen LogP contribution in [0.1, 0.15) is 44.1 Å². The van der Waals surface area contributed by atoms with E-state index in [0.717, 1.165) is 17.8 Å². The number of hydrogen-bond donors (Lipinski definition) is 0. The molecule has 40 heavy (non-hydrogen) atoms. The number of hydrogen-bond acceptors (Lipinski definition) is 3. The molecule has 14 heteroatoms. The molecule has 3 aliphatic rings. The van der Waals surface area contributed by atoms with Crippen molar-refractivity contribution in [1.82, 2.24) is 0 Å². The van der Waals surface area contributed by atoms with Crippen molar-refractivity contribution in [3.63, 3.8) is 0 Å². The van der Waals surface area contributed by atoms with E-state index in [1.165, 1.54) is 67.2 Å². The Balaban J connectivity index is 0.000000196. The highest BCUT2D eigenvalue weighted by Crippen LogP contribution is 2.54. The molecule has 224 valence electrons. The first kappa shape index (κ1) is 31.3. The van der Waals surface area contributed by atoms with Crippen LogP contribution in [0.5, 0.6) is 0 Å². The lowest BCUT2D eigenvalue weighted by molar-refractivity contribution is -0.382. The van der Waals surface area contributed by atoms with Gasteiger partial charge in [-0.05, 0) is 84.7 Å². The van der Waals surface area contributed by atoms with Crippen molar-refractivity contribution >= 4 is 31.8 Å². The smallest absolute Gasteiger partial charge is 0.460 e. The summed E-state index contributed by atoms with van der Waals surface area (Å²) >= 11 is 0. The second-order valence-electron chi connectivity index (χ2n) is 10.7. The lowest BCUT2D eigenvalue weighted by atomic mass is 9.84. The SMILES string of the molecule is O=S(=O)([O-])C(F)(F)C(F)(F)C(F)(F)C(F)(F)F.c1cc2cc([S+]3CCCC3)ccc2cc1CC1CC2CCC1C2. The van der Waals surface area contributed by atoms with Gasteiger partial charge in [-0.15, -0.1) is 0 Å². The molecule has 1 aliphatic heterocycles. The molecule has 3 atom stereocenters. The third-order valence-electron chi connectivity index (χ3n) is 8.05. The highest BCUT2D eigenvalue weighted by Gasteiger charge is 2.83. The Morgan fingerprint density at radius 1 is 0.800 bits per heavy atom. The first-order chi connectivity index (χ1) is 18.3. The third kappa shape index (κ3) is 5.81. The minimum Gasteiger partial charge on any atom is -0.743 e. The van der Waals surface area contributed by atoms with Crippen LogP contribution in [0.25, 0.3) is 10.8 Å². The van der Waals surface area contributed by atoms with Gasteiger partial charge in [0.05, 0.1) is 0 Å². The van der Waals surface area contributed by atoms with Crippen LogP contribution in [0.4, 0.5) is 39.5 Å². The molecule has 2 aromatic rings. The van der Waals surface area contributed by atoms with Crippen molar-refractivity contribution in [3.05, 3.63) is 42.0 Å². The van der Waals surface area contributed by atoms with Gasteiger partial charge in [-0.25, -0.2) is 8.42 Å². The first-order valence-corrected chi connectivity index (χ1v) is 15.7. The molecule has 0 amide bonds. The van der Waals surface area contributed by atoms with Crippen LogP contribution in [0, 0.1) is 17.8 Å². The van der Waals surface area contributed by atoms with E-state index >= 15 is 0 Å². The standard InChI is InChI=1S/C22H27S.C4HF9O3S/c1-2-10-23(9-1)22-8-7-18-11-16(4-6-20(18)15-22)13-21-14-17-3-5-19(21)12-17;5-1(6,3(9,10)11)2(7,8)4(12,13)17(14,15)16/h4,6-8,11,15,17,19,21H,1-3,5,9-10,12-14H2;(H,14,15,16)/q+1;/p-1. The van der Waals surface area contributed by atoms with Gasteiger partial charge < -0.3 is 4.55 Å². The quantitative estimate of drug-likeness (QED) is 0.190. The van der Waals surface area contributed by atoms with Gasteiger partial charge in [0, 0.05) is 17.0 Å². The van der Waals surface area contributed by atoms with Crippen LogP contribution in [0.3, 0.4) is 0 Å². The molecule has 2 saturated carbocycles.